The number of nitriles is 1. The third kappa shape index (κ3) is 6.05. The SMILES string of the molecule is CC[Si](CC)(CC)c1cc(Br)nc([C@](C)(C[SH]2(=O)NCCC[C@]2(C)C#N)N[S@+]([O-])C(C)(C)C)c1F. The van der Waals surface area contributed by atoms with E-state index >= 15 is 4.39 Å². The zero-order valence-electron chi connectivity index (χ0n) is 22.3. The van der Waals surface area contributed by atoms with E-state index in [2.05, 4.69) is 57.2 Å². The van der Waals surface area contributed by atoms with Crippen molar-refractivity contribution >= 4 is 50.7 Å². The van der Waals surface area contributed by atoms with Gasteiger partial charge in [0.1, 0.15) is 31.1 Å². The smallest absolute Gasteiger partial charge is 0.146 e. The predicted molar refractivity (Wildman–Crippen MR) is 153 cm³/mol. The second kappa shape index (κ2) is 11.2. The molecule has 1 aromatic rings. The van der Waals surface area contributed by atoms with Crippen molar-refractivity contribution in [1.29, 1.82) is 5.26 Å². The lowest BCUT2D eigenvalue weighted by Gasteiger charge is -2.46. The fraction of sp³-hybridized carbons (Fsp3) is 0.750. The van der Waals surface area contributed by atoms with Gasteiger partial charge in [0.2, 0.25) is 0 Å². The van der Waals surface area contributed by atoms with Crippen LogP contribution in [0.4, 0.5) is 4.39 Å². The zero-order chi connectivity index (χ0) is 26.9. The molecule has 1 fully saturated rings. The molecule has 2 N–H and O–H groups in total. The Balaban J connectivity index is 2.80. The van der Waals surface area contributed by atoms with Crippen LogP contribution < -0.4 is 14.6 Å². The Morgan fingerprint density at radius 1 is 1.34 bits per heavy atom. The Labute approximate surface area is 224 Å². The zero-order valence-corrected chi connectivity index (χ0v) is 26.6. The summed E-state index contributed by atoms with van der Waals surface area (Å²) in [7, 11) is -5.51. The largest absolute Gasteiger partial charge is 0.598 e. The summed E-state index contributed by atoms with van der Waals surface area (Å²) >= 11 is 1.91. The minimum absolute atomic E-state index is 0.0787. The number of rotatable bonds is 9. The lowest BCUT2D eigenvalue weighted by molar-refractivity contribution is 0.418. The first-order valence-electron chi connectivity index (χ1n) is 12.4. The van der Waals surface area contributed by atoms with E-state index < -0.39 is 50.4 Å². The van der Waals surface area contributed by atoms with Gasteiger partial charge in [-0.05, 0) is 84.8 Å². The van der Waals surface area contributed by atoms with Crippen LogP contribution in [-0.4, -0.2) is 43.6 Å². The highest BCUT2D eigenvalue weighted by Gasteiger charge is 2.50. The van der Waals surface area contributed by atoms with Gasteiger partial charge in [-0.2, -0.15) is 5.26 Å². The van der Waals surface area contributed by atoms with Crippen molar-refractivity contribution in [3.05, 3.63) is 22.2 Å². The molecule has 0 radical (unpaired) electrons. The van der Waals surface area contributed by atoms with E-state index in [-0.39, 0.29) is 11.4 Å². The van der Waals surface area contributed by atoms with Crippen molar-refractivity contribution in [2.45, 2.75) is 101 Å². The van der Waals surface area contributed by atoms with Gasteiger partial charge in [-0.15, -0.1) is 4.72 Å². The van der Waals surface area contributed by atoms with Crippen molar-refractivity contribution < 1.29 is 13.2 Å². The second-order valence-corrected chi connectivity index (χ2v) is 22.2. The fourth-order valence-corrected chi connectivity index (χ4v) is 13.4. The molecule has 0 saturated carbocycles. The summed E-state index contributed by atoms with van der Waals surface area (Å²) in [6.45, 7) is 15.8. The summed E-state index contributed by atoms with van der Waals surface area (Å²) < 4.78 is 49.3. The number of hydrogen-bond acceptors (Lipinski definition) is 5. The van der Waals surface area contributed by atoms with Gasteiger partial charge >= 0.3 is 0 Å². The van der Waals surface area contributed by atoms with Crippen LogP contribution in [0.25, 0.3) is 0 Å². The van der Waals surface area contributed by atoms with Crippen molar-refractivity contribution in [2.75, 3.05) is 12.3 Å². The maximum Gasteiger partial charge on any atom is 0.146 e. The highest BCUT2D eigenvalue weighted by molar-refractivity contribution is 9.10. The molecule has 200 valence electrons. The Morgan fingerprint density at radius 3 is 2.40 bits per heavy atom. The first kappa shape index (κ1) is 30.9. The average Bonchev–Trinajstić information content (AvgIpc) is 2.78. The summed E-state index contributed by atoms with van der Waals surface area (Å²) in [6.07, 6.45) is 1.22. The highest BCUT2D eigenvalue weighted by atomic mass is 79.9. The molecule has 0 spiro atoms. The maximum absolute atomic E-state index is 16.5. The maximum atomic E-state index is 16.5. The van der Waals surface area contributed by atoms with Gasteiger partial charge in [0.05, 0.1) is 14.1 Å². The molecule has 0 aromatic carbocycles. The summed E-state index contributed by atoms with van der Waals surface area (Å²) in [5.74, 6) is -0.487. The molecule has 1 saturated heterocycles. The standard InChI is InChI=1S/C24H42BrFN4O2S2Si/c1-9-35(10-2,11-3)18-15-19(25)29-21(20(18)26)24(8,30-33(31)22(4,5)6)17-34(32)23(7,16-27)13-12-14-28-34/h15,30,34H,9-14,17H2,1-8H3,(H,28,32)/t23-,24+,33-/m1/s1. The minimum Gasteiger partial charge on any atom is -0.598 e. The number of thiol groups is 1. The van der Waals surface area contributed by atoms with Crippen LogP contribution in [0.2, 0.25) is 18.1 Å². The van der Waals surface area contributed by atoms with Gasteiger partial charge in [0.15, 0.2) is 0 Å². The normalized spacial score (nSPS) is 24.3. The van der Waals surface area contributed by atoms with Crippen LogP contribution >= 0.6 is 15.9 Å². The first-order valence-corrected chi connectivity index (χ1v) is 18.8. The number of nitrogens with zero attached hydrogens (tertiary/aromatic N) is 2. The van der Waals surface area contributed by atoms with E-state index in [1.807, 2.05) is 20.8 Å². The Hall–Kier alpha value is -0.353. The van der Waals surface area contributed by atoms with Crippen LogP contribution in [0.3, 0.4) is 0 Å². The monoisotopic (exact) mass is 608 g/mol. The second-order valence-electron chi connectivity index (χ2n) is 11.1. The first-order chi connectivity index (χ1) is 16.1. The van der Waals surface area contributed by atoms with Gasteiger partial charge in [0.25, 0.3) is 0 Å². The number of nitrogens with one attached hydrogen (secondary N) is 2. The molecule has 11 heteroatoms. The van der Waals surface area contributed by atoms with Crippen molar-refractivity contribution in [2.24, 2.45) is 0 Å². The predicted octanol–water partition coefficient (Wildman–Crippen LogP) is 4.56. The summed E-state index contributed by atoms with van der Waals surface area (Å²) in [5.41, 5.74) is -1.23. The molecule has 2 rings (SSSR count). The lowest BCUT2D eigenvalue weighted by Crippen LogP contribution is -2.63. The Morgan fingerprint density at radius 2 is 1.91 bits per heavy atom. The topological polar surface area (TPSA) is 101 Å². The van der Waals surface area contributed by atoms with Crippen LogP contribution in [0.5, 0.6) is 0 Å². The van der Waals surface area contributed by atoms with Gasteiger partial charge in [0, 0.05) is 23.7 Å². The quantitative estimate of drug-likeness (QED) is 0.165. The van der Waals surface area contributed by atoms with Gasteiger partial charge in [-0.1, -0.05) is 38.9 Å². The van der Waals surface area contributed by atoms with Crippen molar-refractivity contribution in [3.63, 3.8) is 0 Å². The molecule has 35 heavy (non-hydrogen) atoms. The third-order valence-corrected chi connectivity index (χ3v) is 19.2. The molecule has 2 heterocycles. The fourth-order valence-electron chi connectivity index (χ4n) is 4.94. The van der Waals surface area contributed by atoms with Crippen LogP contribution in [0.15, 0.2) is 10.7 Å². The molecule has 0 bridgehead atoms. The molecular weight excluding hydrogens is 567 g/mol. The van der Waals surface area contributed by atoms with Crippen LogP contribution in [0, 0.1) is 17.1 Å². The molecule has 1 aromatic heterocycles. The Kier molecular flexibility index (Phi) is 9.86. The minimum atomic E-state index is -3.36. The van der Waals surface area contributed by atoms with Crippen LogP contribution in [-0.2, 0) is 27.0 Å². The molecule has 1 aliphatic heterocycles. The number of hydrogen-bond donors (Lipinski definition) is 3. The summed E-state index contributed by atoms with van der Waals surface area (Å²) in [4.78, 5) is 4.56. The van der Waals surface area contributed by atoms with E-state index in [4.69, 9.17) is 0 Å². The number of aromatic nitrogens is 1. The average molecular weight is 610 g/mol. The molecular formula is C24H42BrFN4O2S2Si. The van der Waals surface area contributed by atoms with E-state index in [0.29, 0.717) is 22.8 Å². The lowest BCUT2D eigenvalue weighted by atomic mass is 10.0. The van der Waals surface area contributed by atoms with Gasteiger partial charge in [-0.3, -0.25) is 8.93 Å². The number of pyridine rings is 1. The van der Waals surface area contributed by atoms with E-state index in [9.17, 15) is 14.0 Å². The van der Waals surface area contributed by atoms with Gasteiger partial charge < -0.3 is 4.55 Å². The van der Waals surface area contributed by atoms with Gasteiger partial charge in [-0.25, -0.2) is 9.37 Å². The molecule has 1 aliphatic rings. The van der Waals surface area contributed by atoms with Crippen molar-refractivity contribution in [1.82, 2.24) is 14.4 Å². The number of halogens is 2. The summed E-state index contributed by atoms with van der Waals surface area (Å²) in [6, 6.07) is 6.73. The molecule has 0 amide bonds. The van der Waals surface area contributed by atoms with E-state index in [1.165, 1.54) is 0 Å². The summed E-state index contributed by atoms with van der Waals surface area (Å²) in [5, 5.41) is 10.7. The molecule has 0 unspecified atom stereocenters. The third-order valence-electron chi connectivity index (χ3n) is 7.71. The van der Waals surface area contributed by atoms with Crippen molar-refractivity contribution in [3.8, 4) is 6.07 Å². The van der Waals surface area contributed by atoms with E-state index in [0.717, 1.165) is 24.6 Å². The Bertz CT molecular complexity index is 1010. The van der Waals surface area contributed by atoms with E-state index in [1.54, 1.807) is 19.9 Å². The molecule has 6 nitrogen and oxygen atoms in total. The van der Waals surface area contributed by atoms with Crippen LogP contribution in [0.1, 0.15) is 73.9 Å². The highest BCUT2D eigenvalue weighted by Crippen LogP contribution is 2.38. The molecule has 3 atom stereocenters. The molecule has 0 aliphatic carbocycles.